The van der Waals surface area contributed by atoms with E-state index in [4.69, 9.17) is 23.2 Å². The molecule has 1 aliphatic heterocycles. The number of carbonyl (C=O) groups excluding carboxylic acids is 1. The van der Waals surface area contributed by atoms with E-state index in [1.54, 1.807) is 24.3 Å². The van der Waals surface area contributed by atoms with Crippen molar-refractivity contribution in [1.82, 2.24) is 4.90 Å². The first-order valence-corrected chi connectivity index (χ1v) is 8.37. The molecular weight excluding hydrogens is 331 g/mol. The van der Waals surface area contributed by atoms with Crippen molar-refractivity contribution in [2.45, 2.75) is 13.0 Å². The van der Waals surface area contributed by atoms with Gasteiger partial charge < -0.3 is 9.80 Å². The van der Waals surface area contributed by atoms with Crippen molar-refractivity contribution in [2.24, 2.45) is 0 Å². The van der Waals surface area contributed by atoms with Crippen LogP contribution in [0.3, 0.4) is 0 Å². The van der Waals surface area contributed by atoms with Gasteiger partial charge in [-0.15, -0.1) is 0 Å². The maximum atomic E-state index is 12.6. The van der Waals surface area contributed by atoms with Crippen LogP contribution in [0.15, 0.2) is 48.5 Å². The average molecular weight is 349 g/mol. The molecule has 3 nitrogen and oxygen atoms in total. The average Bonchev–Trinajstić information content (AvgIpc) is 2.56. The van der Waals surface area contributed by atoms with Crippen LogP contribution in [0.2, 0.25) is 10.0 Å². The molecule has 120 valence electrons. The number of anilines is 1. The van der Waals surface area contributed by atoms with E-state index >= 15 is 0 Å². The molecule has 1 atom stereocenters. The molecule has 1 fully saturated rings. The molecule has 0 aromatic heterocycles. The van der Waals surface area contributed by atoms with Crippen molar-refractivity contribution >= 4 is 34.8 Å². The zero-order valence-corrected chi connectivity index (χ0v) is 14.4. The quantitative estimate of drug-likeness (QED) is 0.805. The minimum Gasteiger partial charge on any atom is -0.365 e. The maximum absolute atomic E-state index is 12.6. The summed E-state index contributed by atoms with van der Waals surface area (Å²) in [6, 6.07) is 15.2. The third kappa shape index (κ3) is 3.62. The van der Waals surface area contributed by atoms with E-state index in [1.165, 1.54) is 0 Å². The number of piperazine rings is 1. The van der Waals surface area contributed by atoms with Crippen LogP contribution in [0.25, 0.3) is 0 Å². The largest absolute Gasteiger partial charge is 0.365 e. The van der Waals surface area contributed by atoms with Crippen molar-refractivity contribution in [3.8, 4) is 0 Å². The van der Waals surface area contributed by atoms with Crippen LogP contribution in [0.5, 0.6) is 0 Å². The van der Waals surface area contributed by atoms with Gasteiger partial charge in [0, 0.05) is 47.0 Å². The number of hydrogen-bond donors (Lipinski definition) is 0. The second-order valence-electron chi connectivity index (χ2n) is 5.78. The SMILES string of the molecule is CC1CN(C(=O)c2ccc(Cl)cc2)CCN1c1ccc(Cl)cc1. The standard InChI is InChI=1S/C18H18Cl2N2O/c1-13-12-21(18(23)14-2-4-15(19)5-3-14)10-11-22(13)17-8-6-16(20)7-9-17/h2-9,13H,10-12H2,1H3. The van der Waals surface area contributed by atoms with E-state index in [1.807, 2.05) is 29.2 Å². The molecule has 0 aliphatic carbocycles. The Morgan fingerprint density at radius 1 is 0.957 bits per heavy atom. The predicted molar refractivity (Wildman–Crippen MR) is 95.6 cm³/mol. The van der Waals surface area contributed by atoms with E-state index in [2.05, 4.69) is 11.8 Å². The number of amides is 1. The Labute approximate surface area is 146 Å². The fourth-order valence-electron chi connectivity index (χ4n) is 2.93. The summed E-state index contributed by atoms with van der Waals surface area (Å²) in [6.07, 6.45) is 0. The first-order chi connectivity index (χ1) is 11.0. The zero-order valence-electron chi connectivity index (χ0n) is 12.9. The van der Waals surface area contributed by atoms with Gasteiger partial charge in [-0.1, -0.05) is 23.2 Å². The summed E-state index contributed by atoms with van der Waals surface area (Å²) in [5, 5.41) is 1.38. The molecule has 1 amide bonds. The highest BCUT2D eigenvalue weighted by molar-refractivity contribution is 6.30. The molecule has 0 N–H and O–H groups in total. The van der Waals surface area contributed by atoms with Crippen molar-refractivity contribution in [1.29, 1.82) is 0 Å². The smallest absolute Gasteiger partial charge is 0.253 e. The van der Waals surface area contributed by atoms with E-state index in [-0.39, 0.29) is 11.9 Å². The molecule has 0 spiro atoms. The summed E-state index contributed by atoms with van der Waals surface area (Å²) < 4.78 is 0. The zero-order chi connectivity index (χ0) is 16.4. The Morgan fingerprint density at radius 3 is 2.09 bits per heavy atom. The Hall–Kier alpha value is -1.71. The summed E-state index contributed by atoms with van der Waals surface area (Å²) in [5.74, 6) is 0.0595. The van der Waals surface area contributed by atoms with Gasteiger partial charge in [0.15, 0.2) is 0 Å². The van der Waals surface area contributed by atoms with Gasteiger partial charge in [-0.25, -0.2) is 0 Å². The highest BCUT2D eigenvalue weighted by Crippen LogP contribution is 2.23. The van der Waals surface area contributed by atoms with Crippen molar-refractivity contribution < 1.29 is 4.79 Å². The molecular formula is C18H18Cl2N2O. The van der Waals surface area contributed by atoms with E-state index in [9.17, 15) is 4.79 Å². The fraction of sp³-hybridized carbons (Fsp3) is 0.278. The second-order valence-corrected chi connectivity index (χ2v) is 6.65. The highest BCUT2D eigenvalue weighted by atomic mass is 35.5. The molecule has 0 saturated carbocycles. The Morgan fingerprint density at radius 2 is 1.52 bits per heavy atom. The van der Waals surface area contributed by atoms with Crippen LogP contribution < -0.4 is 4.90 Å². The number of benzene rings is 2. The first-order valence-electron chi connectivity index (χ1n) is 7.61. The van der Waals surface area contributed by atoms with Crippen molar-refractivity contribution in [3.63, 3.8) is 0 Å². The summed E-state index contributed by atoms with van der Waals surface area (Å²) in [5.41, 5.74) is 1.82. The van der Waals surface area contributed by atoms with Crippen LogP contribution in [0.1, 0.15) is 17.3 Å². The summed E-state index contributed by atoms with van der Waals surface area (Å²) in [7, 11) is 0. The van der Waals surface area contributed by atoms with Crippen LogP contribution in [0.4, 0.5) is 5.69 Å². The molecule has 2 aromatic rings. The molecule has 23 heavy (non-hydrogen) atoms. The molecule has 5 heteroatoms. The molecule has 1 saturated heterocycles. The molecule has 1 heterocycles. The number of rotatable bonds is 2. The van der Waals surface area contributed by atoms with Crippen LogP contribution in [0, 0.1) is 0 Å². The third-order valence-electron chi connectivity index (χ3n) is 4.16. The third-order valence-corrected chi connectivity index (χ3v) is 4.67. The van der Waals surface area contributed by atoms with E-state index < -0.39 is 0 Å². The summed E-state index contributed by atoms with van der Waals surface area (Å²) in [6.45, 7) is 4.34. The maximum Gasteiger partial charge on any atom is 0.253 e. The Balaban J connectivity index is 1.69. The first kappa shape index (κ1) is 16.2. The monoisotopic (exact) mass is 348 g/mol. The number of nitrogens with zero attached hydrogens (tertiary/aromatic N) is 2. The lowest BCUT2D eigenvalue weighted by Crippen LogP contribution is -2.53. The van der Waals surface area contributed by atoms with E-state index in [0.717, 1.165) is 17.3 Å². The van der Waals surface area contributed by atoms with Crippen LogP contribution >= 0.6 is 23.2 Å². The number of halogens is 2. The van der Waals surface area contributed by atoms with E-state index in [0.29, 0.717) is 23.7 Å². The molecule has 2 aromatic carbocycles. The van der Waals surface area contributed by atoms with Gasteiger partial charge in [0.05, 0.1) is 0 Å². The normalized spacial score (nSPS) is 18.1. The van der Waals surface area contributed by atoms with Gasteiger partial charge in [0.25, 0.3) is 5.91 Å². The van der Waals surface area contributed by atoms with Gasteiger partial charge in [0.1, 0.15) is 0 Å². The van der Waals surface area contributed by atoms with Crippen molar-refractivity contribution in [2.75, 3.05) is 24.5 Å². The van der Waals surface area contributed by atoms with Crippen LogP contribution in [-0.4, -0.2) is 36.5 Å². The topological polar surface area (TPSA) is 23.6 Å². The summed E-state index contributed by atoms with van der Waals surface area (Å²) in [4.78, 5) is 16.8. The Kier molecular flexibility index (Phi) is 4.79. The minimum absolute atomic E-state index is 0.0595. The molecule has 1 aliphatic rings. The van der Waals surface area contributed by atoms with Gasteiger partial charge in [0.2, 0.25) is 0 Å². The van der Waals surface area contributed by atoms with Gasteiger partial charge in [-0.3, -0.25) is 4.79 Å². The lowest BCUT2D eigenvalue weighted by atomic mass is 10.1. The van der Waals surface area contributed by atoms with Crippen molar-refractivity contribution in [3.05, 3.63) is 64.1 Å². The summed E-state index contributed by atoms with van der Waals surface area (Å²) >= 11 is 11.8. The van der Waals surface area contributed by atoms with Gasteiger partial charge >= 0.3 is 0 Å². The molecule has 0 bridgehead atoms. The molecule has 1 unspecified atom stereocenters. The number of carbonyl (C=O) groups is 1. The van der Waals surface area contributed by atoms with Gasteiger partial charge in [-0.05, 0) is 55.5 Å². The highest BCUT2D eigenvalue weighted by Gasteiger charge is 2.27. The Bertz CT molecular complexity index is 685. The minimum atomic E-state index is 0.0595. The number of hydrogen-bond acceptors (Lipinski definition) is 2. The van der Waals surface area contributed by atoms with Gasteiger partial charge in [-0.2, -0.15) is 0 Å². The lowest BCUT2D eigenvalue weighted by molar-refractivity contribution is 0.0726. The predicted octanol–water partition coefficient (Wildman–Crippen LogP) is 4.34. The lowest BCUT2D eigenvalue weighted by Gasteiger charge is -2.41. The fourth-order valence-corrected chi connectivity index (χ4v) is 3.19. The molecule has 3 rings (SSSR count). The van der Waals surface area contributed by atoms with Crippen LogP contribution in [-0.2, 0) is 0 Å². The second kappa shape index (κ2) is 6.81. The molecule has 0 radical (unpaired) electrons.